The molecule has 0 radical (unpaired) electrons. The Kier molecular flexibility index (Phi) is 6.07. The van der Waals surface area contributed by atoms with Crippen LogP contribution in [0.3, 0.4) is 0 Å². The molecule has 2 aromatic rings. The molecule has 0 heterocycles. The van der Waals surface area contributed by atoms with E-state index in [0.717, 1.165) is 22.7 Å². The largest absolute Gasteiger partial charge is 0.497 e. The van der Waals surface area contributed by atoms with Gasteiger partial charge in [-0.3, -0.25) is 4.79 Å². The molecule has 128 valence electrons. The molecule has 2 aromatic carbocycles. The molecule has 5 nitrogen and oxygen atoms in total. The van der Waals surface area contributed by atoms with Crippen molar-refractivity contribution in [1.29, 1.82) is 0 Å². The highest BCUT2D eigenvalue weighted by Gasteiger charge is 2.05. The summed E-state index contributed by atoms with van der Waals surface area (Å²) in [6, 6.07) is 13.7. The molecule has 0 fully saturated rings. The molecule has 0 saturated carbocycles. The van der Waals surface area contributed by atoms with Gasteiger partial charge in [0.05, 0.1) is 13.7 Å². The monoisotopic (exact) mass is 327 g/mol. The fourth-order valence-corrected chi connectivity index (χ4v) is 2.33. The molecule has 0 spiro atoms. The number of nitrogens with zero attached hydrogens (tertiary/aromatic N) is 1. The van der Waals surface area contributed by atoms with Gasteiger partial charge < -0.3 is 20.3 Å². The zero-order valence-corrected chi connectivity index (χ0v) is 14.7. The maximum absolute atomic E-state index is 12.0. The van der Waals surface area contributed by atoms with Crippen LogP contribution in [0.2, 0.25) is 0 Å². The topological polar surface area (TPSA) is 53.6 Å². The summed E-state index contributed by atoms with van der Waals surface area (Å²) in [6.07, 6.45) is 0. The Bertz CT molecular complexity index is 699. The molecule has 5 heteroatoms. The van der Waals surface area contributed by atoms with Gasteiger partial charge in [-0.1, -0.05) is 12.1 Å². The van der Waals surface area contributed by atoms with E-state index >= 15 is 0 Å². The van der Waals surface area contributed by atoms with Crippen molar-refractivity contribution < 1.29 is 9.53 Å². The first-order chi connectivity index (χ1) is 11.5. The molecule has 0 bridgehead atoms. The van der Waals surface area contributed by atoms with Gasteiger partial charge in [0, 0.05) is 38.1 Å². The number of nitrogens with one attached hydrogen (secondary N) is 2. The molecule has 0 aromatic heterocycles. The van der Waals surface area contributed by atoms with Gasteiger partial charge in [-0.05, 0) is 42.3 Å². The predicted molar refractivity (Wildman–Crippen MR) is 98.8 cm³/mol. The molecule has 2 N–H and O–H groups in total. The standard InChI is InChI=1S/C19H25N3O2/c1-14-10-17(22(2)3)9-8-15(14)12-21-19(23)13-20-16-6-5-7-18(11-16)24-4/h5-11,20H,12-13H2,1-4H3,(H,21,23). The van der Waals surface area contributed by atoms with Crippen LogP contribution in [0, 0.1) is 6.92 Å². The number of amides is 1. The number of anilines is 2. The zero-order chi connectivity index (χ0) is 17.5. The third-order valence-corrected chi connectivity index (χ3v) is 3.84. The summed E-state index contributed by atoms with van der Waals surface area (Å²) in [6.45, 7) is 2.81. The van der Waals surface area contributed by atoms with Crippen molar-refractivity contribution in [2.24, 2.45) is 0 Å². The molecule has 2 rings (SSSR count). The minimum Gasteiger partial charge on any atom is -0.497 e. The van der Waals surface area contributed by atoms with Crippen LogP contribution >= 0.6 is 0 Å². The van der Waals surface area contributed by atoms with Gasteiger partial charge in [0.2, 0.25) is 5.91 Å². The third kappa shape index (κ3) is 4.91. The average Bonchev–Trinajstić information content (AvgIpc) is 2.58. The van der Waals surface area contributed by atoms with Crippen LogP contribution in [0.1, 0.15) is 11.1 Å². The molecular weight excluding hydrogens is 302 g/mol. The molecule has 0 atom stereocenters. The lowest BCUT2D eigenvalue weighted by molar-refractivity contribution is -0.119. The van der Waals surface area contributed by atoms with E-state index < -0.39 is 0 Å². The normalized spacial score (nSPS) is 10.2. The van der Waals surface area contributed by atoms with Gasteiger partial charge in [0.15, 0.2) is 0 Å². The van der Waals surface area contributed by atoms with Gasteiger partial charge in [-0.15, -0.1) is 0 Å². The van der Waals surface area contributed by atoms with Crippen molar-refractivity contribution >= 4 is 17.3 Å². The smallest absolute Gasteiger partial charge is 0.239 e. The molecule has 1 amide bonds. The van der Waals surface area contributed by atoms with E-state index in [9.17, 15) is 4.79 Å². The first-order valence-corrected chi connectivity index (χ1v) is 7.91. The number of carbonyl (C=O) groups excluding carboxylic acids is 1. The molecule has 24 heavy (non-hydrogen) atoms. The van der Waals surface area contributed by atoms with Crippen LogP contribution in [-0.4, -0.2) is 33.7 Å². The van der Waals surface area contributed by atoms with E-state index in [-0.39, 0.29) is 12.5 Å². The number of aryl methyl sites for hydroxylation is 1. The van der Waals surface area contributed by atoms with Crippen LogP contribution in [0.15, 0.2) is 42.5 Å². The van der Waals surface area contributed by atoms with Crippen LogP contribution < -0.4 is 20.3 Å². The van der Waals surface area contributed by atoms with E-state index in [2.05, 4.69) is 40.7 Å². The highest BCUT2D eigenvalue weighted by molar-refractivity contribution is 5.80. The van der Waals surface area contributed by atoms with Crippen LogP contribution in [-0.2, 0) is 11.3 Å². The summed E-state index contributed by atoms with van der Waals surface area (Å²) in [5.41, 5.74) is 4.30. The van der Waals surface area contributed by atoms with Gasteiger partial charge in [-0.25, -0.2) is 0 Å². The molecule has 0 saturated heterocycles. The van der Waals surface area contributed by atoms with Crippen molar-refractivity contribution in [3.63, 3.8) is 0 Å². The number of hydrogen-bond donors (Lipinski definition) is 2. The first-order valence-electron chi connectivity index (χ1n) is 7.91. The minimum absolute atomic E-state index is 0.0473. The van der Waals surface area contributed by atoms with Crippen molar-refractivity contribution in [3.8, 4) is 5.75 Å². The summed E-state index contributed by atoms with van der Waals surface area (Å²) >= 11 is 0. The van der Waals surface area contributed by atoms with E-state index in [4.69, 9.17) is 4.74 Å². The van der Waals surface area contributed by atoms with E-state index in [0.29, 0.717) is 6.54 Å². The Morgan fingerprint density at radius 3 is 2.62 bits per heavy atom. The Labute approximate surface area is 143 Å². The zero-order valence-electron chi connectivity index (χ0n) is 14.7. The second kappa shape index (κ2) is 8.24. The van der Waals surface area contributed by atoms with Crippen molar-refractivity contribution in [1.82, 2.24) is 5.32 Å². The quantitative estimate of drug-likeness (QED) is 0.821. The summed E-state index contributed by atoms with van der Waals surface area (Å²) < 4.78 is 5.16. The first kappa shape index (κ1) is 17.7. The lowest BCUT2D eigenvalue weighted by atomic mass is 10.1. The average molecular weight is 327 g/mol. The fourth-order valence-electron chi connectivity index (χ4n) is 2.33. The molecule has 0 aliphatic carbocycles. The molecule has 0 aliphatic heterocycles. The van der Waals surface area contributed by atoms with Crippen molar-refractivity contribution in [3.05, 3.63) is 53.6 Å². The maximum Gasteiger partial charge on any atom is 0.239 e. The fraction of sp³-hybridized carbons (Fsp3) is 0.316. The predicted octanol–water partition coefficient (Wildman–Crippen LogP) is 2.80. The maximum atomic E-state index is 12.0. The van der Waals surface area contributed by atoms with Crippen LogP contribution in [0.4, 0.5) is 11.4 Å². The van der Waals surface area contributed by atoms with Crippen molar-refractivity contribution in [2.45, 2.75) is 13.5 Å². The second-order valence-electron chi connectivity index (χ2n) is 5.87. The molecule has 0 aliphatic rings. The number of carbonyl (C=O) groups is 1. The Balaban J connectivity index is 1.84. The highest BCUT2D eigenvalue weighted by Crippen LogP contribution is 2.18. The molecular formula is C19H25N3O2. The number of ether oxygens (including phenoxy) is 1. The lowest BCUT2D eigenvalue weighted by Crippen LogP contribution is -2.29. The van der Waals surface area contributed by atoms with E-state index in [1.165, 1.54) is 5.56 Å². The number of rotatable bonds is 7. The summed E-state index contributed by atoms with van der Waals surface area (Å²) in [4.78, 5) is 14.1. The summed E-state index contributed by atoms with van der Waals surface area (Å²) in [7, 11) is 5.65. The van der Waals surface area contributed by atoms with Gasteiger partial charge in [-0.2, -0.15) is 0 Å². The Hall–Kier alpha value is -2.69. The van der Waals surface area contributed by atoms with Gasteiger partial charge in [0.25, 0.3) is 0 Å². The minimum atomic E-state index is -0.0473. The lowest BCUT2D eigenvalue weighted by Gasteiger charge is -2.15. The Morgan fingerprint density at radius 2 is 1.96 bits per heavy atom. The van der Waals surface area contributed by atoms with Gasteiger partial charge >= 0.3 is 0 Å². The number of hydrogen-bond acceptors (Lipinski definition) is 4. The van der Waals surface area contributed by atoms with Gasteiger partial charge in [0.1, 0.15) is 5.75 Å². The number of methoxy groups -OCH3 is 1. The number of benzene rings is 2. The summed E-state index contributed by atoms with van der Waals surface area (Å²) in [5, 5.41) is 6.04. The van der Waals surface area contributed by atoms with Crippen LogP contribution in [0.5, 0.6) is 5.75 Å². The van der Waals surface area contributed by atoms with Crippen molar-refractivity contribution in [2.75, 3.05) is 38.0 Å². The van der Waals surface area contributed by atoms with E-state index in [1.54, 1.807) is 7.11 Å². The third-order valence-electron chi connectivity index (χ3n) is 3.84. The second-order valence-corrected chi connectivity index (χ2v) is 5.87. The molecule has 0 unspecified atom stereocenters. The van der Waals surface area contributed by atoms with E-state index in [1.807, 2.05) is 38.4 Å². The summed E-state index contributed by atoms with van der Waals surface area (Å²) in [5.74, 6) is 0.714. The Morgan fingerprint density at radius 1 is 1.17 bits per heavy atom. The highest BCUT2D eigenvalue weighted by atomic mass is 16.5. The van der Waals surface area contributed by atoms with Crippen LogP contribution in [0.25, 0.3) is 0 Å². The SMILES string of the molecule is COc1cccc(NCC(=O)NCc2ccc(N(C)C)cc2C)c1.